The minimum atomic E-state index is 0.0856. The summed E-state index contributed by atoms with van der Waals surface area (Å²) in [5.41, 5.74) is 0.747. The smallest absolute Gasteiger partial charge is 0.254 e. The van der Waals surface area contributed by atoms with Gasteiger partial charge in [0, 0.05) is 39.0 Å². The van der Waals surface area contributed by atoms with E-state index in [4.69, 9.17) is 9.47 Å². The number of hydrogen-bond donors (Lipinski definition) is 0. The van der Waals surface area contributed by atoms with Crippen molar-refractivity contribution in [2.45, 2.75) is 12.5 Å². The Labute approximate surface area is 130 Å². The van der Waals surface area contributed by atoms with Crippen LogP contribution < -0.4 is 0 Å². The average molecular weight is 299 g/mol. The number of amides is 1. The van der Waals surface area contributed by atoms with E-state index in [1.54, 1.807) is 7.11 Å². The zero-order valence-electron chi connectivity index (χ0n) is 12.8. The number of rotatable bonds is 6. The van der Waals surface area contributed by atoms with Crippen LogP contribution >= 0.6 is 0 Å². The first-order valence-corrected chi connectivity index (χ1v) is 7.66. The monoisotopic (exact) mass is 299 g/mol. The molecule has 1 aliphatic rings. The van der Waals surface area contributed by atoms with Gasteiger partial charge in [-0.1, -0.05) is 30.3 Å². The minimum absolute atomic E-state index is 0.0856. The number of methoxy groups -OCH3 is 1. The van der Waals surface area contributed by atoms with Crippen LogP contribution in [0.3, 0.4) is 0 Å². The Hall–Kier alpha value is -1.91. The van der Waals surface area contributed by atoms with E-state index in [-0.39, 0.29) is 12.0 Å². The summed E-state index contributed by atoms with van der Waals surface area (Å²) in [6.45, 7) is 2.76. The molecule has 0 N–H and O–H groups in total. The molecule has 4 nitrogen and oxygen atoms in total. The molecular weight excluding hydrogens is 278 g/mol. The highest BCUT2D eigenvalue weighted by molar-refractivity contribution is 5.99. The molecule has 0 bridgehead atoms. The Bertz CT molecular complexity index is 650. The van der Waals surface area contributed by atoms with Gasteiger partial charge in [-0.3, -0.25) is 4.79 Å². The minimum Gasteiger partial charge on any atom is -0.385 e. The predicted molar refractivity (Wildman–Crippen MR) is 86.1 cm³/mol. The second-order valence-corrected chi connectivity index (χ2v) is 5.61. The van der Waals surface area contributed by atoms with E-state index in [2.05, 4.69) is 6.07 Å². The van der Waals surface area contributed by atoms with Crippen molar-refractivity contribution in [2.24, 2.45) is 0 Å². The van der Waals surface area contributed by atoms with Crippen molar-refractivity contribution >= 4 is 16.7 Å². The van der Waals surface area contributed by atoms with Crippen molar-refractivity contribution in [1.82, 2.24) is 4.90 Å². The summed E-state index contributed by atoms with van der Waals surface area (Å²) in [5, 5.41) is 2.25. The van der Waals surface area contributed by atoms with Crippen LogP contribution in [0.25, 0.3) is 10.8 Å². The van der Waals surface area contributed by atoms with Crippen molar-refractivity contribution in [3.05, 3.63) is 48.0 Å². The molecule has 0 unspecified atom stereocenters. The standard InChI is InChI=1S/C18H21NO3/c1-21-9-4-10-22-17-12-19(13-17)18(20)16-8-7-14-5-2-3-6-15(14)11-16/h2-3,5-8,11,17H,4,9-10,12-13H2,1H3. The highest BCUT2D eigenvalue weighted by Crippen LogP contribution is 2.20. The number of hydrogen-bond acceptors (Lipinski definition) is 3. The van der Waals surface area contributed by atoms with Gasteiger partial charge in [0.1, 0.15) is 0 Å². The number of carbonyl (C=O) groups excluding carboxylic acids is 1. The average Bonchev–Trinajstić information content (AvgIpc) is 2.52. The third-order valence-corrected chi connectivity index (χ3v) is 3.98. The molecule has 0 saturated carbocycles. The highest BCUT2D eigenvalue weighted by Gasteiger charge is 2.31. The molecule has 0 aromatic heterocycles. The Morgan fingerprint density at radius 3 is 2.68 bits per heavy atom. The van der Waals surface area contributed by atoms with Crippen LogP contribution in [0.15, 0.2) is 42.5 Å². The molecule has 1 aliphatic heterocycles. The lowest BCUT2D eigenvalue weighted by atomic mass is 10.0. The van der Waals surface area contributed by atoms with E-state index in [1.807, 2.05) is 41.3 Å². The van der Waals surface area contributed by atoms with Crippen molar-refractivity contribution in [3.63, 3.8) is 0 Å². The molecule has 0 atom stereocenters. The van der Waals surface area contributed by atoms with Crippen LogP contribution in [-0.2, 0) is 9.47 Å². The Kier molecular flexibility index (Phi) is 4.71. The van der Waals surface area contributed by atoms with Gasteiger partial charge in [0.25, 0.3) is 5.91 Å². The fourth-order valence-electron chi connectivity index (χ4n) is 2.67. The molecule has 1 fully saturated rings. The first-order chi connectivity index (χ1) is 10.8. The summed E-state index contributed by atoms with van der Waals surface area (Å²) in [6.07, 6.45) is 1.06. The maximum Gasteiger partial charge on any atom is 0.254 e. The van der Waals surface area contributed by atoms with Gasteiger partial charge in [-0.25, -0.2) is 0 Å². The van der Waals surface area contributed by atoms with Crippen molar-refractivity contribution < 1.29 is 14.3 Å². The predicted octanol–water partition coefficient (Wildman–Crippen LogP) is 2.72. The van der Waals surface area contributed by atoms with Gasteiger partial charge in [0.15, 0.2) is 0 Å². The van der Waals surface area contributed by atoms with Gasteiger partial charge in [-0.15, -0.1) is 0 Å². The maximum absolute atomic E-state index is 12.4. The zero-order valence-corrected chi connectivity index (χ0v) is 12.8. The van der Waals surface area contributed by atoms with E-state index in [1.165, 1.54) is 0 Å². The number of fused-ring (bicyclic) bond motifs is 1. The molecule has 1 saturated heterocycles. The van der Waals surface area contributed by atoms with E-state index < -0.39 is 0 Å². The van der Waals surface area contributed by atoms with Gasteiger partial charge >= 0.3 is 0 Å². The molecule has 22 heavy (non-hydrogen) atoms. The largest absolute Gasteiger partial charge is 0.385 e. The first kappa shape index (κ1) is 15.0. The van der Waals surface area contributed by atoms with Gasteiger partial charge < -0.3 is 14.4 Å². The first-order valence-electron chi connectivity index (χ1n) is 7.66. The maximum atomic E-state index is 12.4. The molecule has 1 heterocycles. The summed E-state index contributed by atoms with van der Waals surface area (Å²) in [7, 11) is 1.69. The van der Waals surface area contributed by atoms with E-state index in [0.717, 1.165) is 22.8 Å². The van der Waals surface area contributed by atoms with Gasteiger partial charge in [0.05, 0.1) is 6.10 Å². The fraction of sp³-hybridized carbons (Fsp3) is 0.389. The Morgan fingerprint density at radius 1 is 1.14 bits per heavy atom. The van der Waals surface area contributed by atoms with Gasteiger partial charge in [-0.2, -0.15) is 0 Å². The lowest BCUT2D eigenvalue weighted by molar-refractivity contribution is -0.0464. The number of nitrogens with zero attached hydrogens (tertiary/aromatic N) is 1. The Balaban J connectivity index is 1.54. The van der Waals surface area contributed by atoms with Crippen LogP contribution in [0.5, 0.6) is 0 Å². The molecular formula is C18H21NO3. The summed E-state index contributed by atoms with van der Waals surface area (Å²) in [5.74, 6) is 0.0856. The molecule has 3 rings (SSSR count). The number of likely N-dealkylation sites (tertiary alicyclic amines) is 1. The lowest BCUT2D eigenvalue weighted by Crippen LogP contribution is -2.54. The van der Waals surface area contributed by atoms with Crippen molar-refractivity contribution in [1.29, 1.82) is 0 Å². The van der Waals surface area contributed by atoms with E-state index in [0.29, 0.717) is 26.3 Å². The molecule has 4 heteroatoms. The number of carbonyl (C=O) groups is 1. The summed E-state index contributed by atoms with van der Waals surface area (Å²) in [6, 6.07) is 13.9. The van der Waals surface area contributed by atoms with Gasteiger partial charge in [-0.05, 0) is 29.3 Å². The fourth-order valence-corrected chi connectivity index (χ4v) is 2.67. The van der Waals surface area contributed by atoms with Crippen LogP contribution in [-0.4, -0.2) is 50.3 Å². The summed E-state index contributed by atoms with van der Waals surface area (Å²) < 4.78 is 10.7. The normalized spacial score (nSPS) is 15.0. The third kappa shape index (κ3) is 3.29. The number of ether oxygens (including phenoxy) is 2. The Morgan fingerprint density at radius 2 is 1.91 bits per heavy atom. The van der Waals surface area contributed by atoms with Crippen LogP contribution in [0, 0.1) is 0 Å². The molecule has 0 radical (unpaired) electrons. The summed E-state index contributed by atoms with van der Waals surface area (Å²) in [4.78, 5) is 14.3. The molecule has 0 spiro atoms. The van der Waals surface area contributed by atoms with E-state index >= 15 is 0 Å². The lowest BCUT2D eigenvalue weighted by Gasteiger charge is -2.39. The van der Waals surface area contributed by atoms with Crippen LogP contribution in [0.1, 0.15) is 16.8 Å². The third-order valence-electron chi connectivity index (χ3n) is 3.98. The van der Waals surface area contributed by atoms with Crippen molar-refractivity contribution in [2.75, 3.05) is 33.4 Å². The second kappa shape index (κ2) is 6.90. The topological polar surface area (TPSA) is 38.8 Å². The molecule has 2 aromatic rings. The van der Waals surface area contributed by atoms with Crippen molar-refractivity contribution in [3.8, 4) is 0 Å². The molecule has 116 valence electrons. The number of benzene rings is 2. The second-order valence-electron chi connectivity index (χ2n) is 5.61. The quantitative estimate of drug-likeness (QED) is 0.770. The van der Waals surface area contributed by atoms with Gasteiger partial charge in [0.2, 0.25) is 0 Å². The zero-order chi connectivity index (χ0) is 15.4. The SMILES string of the molecule is COCCCOC1CN(C(=O)c2ccc3ccccc3c2)C1. The van der Waals surface area contributed by atoms with Crippen LogP contribution in [0.4, 0.5) is 0 Å². The molecule has 0 aliphatic carbocycles. The molecule has 2 aromatic carbocycles. The van der Waals surface area contributed by atoms with Crippen LogP contribution in [0.2, 0.25) is 0 Å². The molecule has 1 amide bonds. The highest BCUT2D eigenvalue weighted by atomic mass is 16.5. The van der Waals surface area contributed by atoms with E-state index in [9.17, 15) is 4.79 Å². The summed E-state index contributed by atoms with van der Waals surface area (Å²) >= 11 is 0.